The summed E-state index contributed by atoms with van der Waals surface area (Å²) in [5.41, 5.74) is -2.83. The van der Waals surface area contributed by atoms with Crippen LogP contribution in [0.4, 0.5) is 4.79 Å². The molecule has 0 bridgehead atoms. The number of likely N-dealkylation sites (N-methyl/N-ethyl adjacent to an activating group) is 1. The number of rotatable bonds is 14. The Bertz CT molecular complexity index is 2210. The Hall–Kier alpha value is -4.35. The first-order valence-electron chi connectivity index (χ1n) is 20.2. The monoisotopic (exact) mass is 853 g/mol. The van der Waals surface area contributed by atoms with Crippen LogP contribution in [-0.2, 0) is 34.4 Å². The maximum atomic E-state index is 14.8. The lowest BCUT2D eigenvalue weighted by Crippen LogP contribution is -2.60. The van der Waals surface area contributed by atoms with Crippen molar-refractivity contribution in [2.45, 2.75) is 114 Å². The van der Waals surface area contributed by atoms with Crippen molar-refractivity contribution in [3.05, 3.63) is 67.4 Å². The van der Waals surface area contributed by atoms with Gasteiger partial charge in [0.15, 0.2) is 5.03 Å². The highest BCUT2D eigenvalue weighted by molar-refractivity contribution is 7.90. The zero-order valence-electron chi connectivity index (χ0n) is 35.2. The first-order chi connectivity index (χ1) is 27.4. The quantitative estimate of drug-likeness (QED) is 0.204. The molecule has 2 spiro atoms. The predicted molar refractivity (Wildman–Crippen MR) is 221 cm³/mol. The van der Waals surface area contributed by atoms with Crippen molar-refractivity contribution in [1.29, 1.82) is 0 Å². The number of fused-ring (bicyclic) bond motifs is 1. The van der Waals surface area contributed by atoms with Crippen LogP contribution in [0, 0.1) is 33.5 Å². The molecule has 59 heavy (non-hydrogen) atoms. The Morgan fingerprint density at radius 3 is 2.12 bits per heavy atom. The minimum absolute atomic E-state index is 0.0602. The van der Waals surface area contributed by atoms with Crippen LogP contribution in [0.25, 0.3) is 0 Å². The van der Waals surface area contributed by atoms with Gasteiger partial charge in [0.05, 0.1) is 4.90 Å². The van der Waals surface area contributed by atoms with E-state index in [9.17, 15) is 36.0 Å². The number of benzene rings is 1. The Balaban J connectivity index is 1.23. The zero-order chi connectivity index (χ0) is 43.6. The molecule has 4 fully saturated rings. The van der Waals surface area contributed by atoms with E-state index in [0.717, 1.165) is 23.6 Å². The van der Waals surface area contributed by atoms with Crippen LogP contribution in [0.1, 0.15) is 80.6 Å². The number of carbonyl (C=O) groups is 4. The van der Waals surface area contributed by atoms with Crippen LogP contribution in [0.3, 0.4) is 0 Å². The summed E-state index contributed by atoms with van der Waals surface area (Å²) in [7, 11) is -6.82. The maximum absolute atomic E-state index is 14.8. The van der Waals surface area contributed by atoms with E-state index >= 15 is 0 Å². The smallest absolute Gasteiger partial charge is 0.315 e. The van der Waals surface area contributed by atoms with E-state index in [1.54, 1.807) is 36.9 Å². The van der Waals surface area contributed by atoms with Gasteiger partial charge in [-0.25, -0.2) is 31.3 Å². The van der Waals surface area contributed by atoms with E-state index in [4.69, 9.17) is 0 Å². The molecule has 17 heteroatoms. The molecule has 6 atom stereocenters. The zero-order valence-corrected chi connectivity index (χ0v) is 36.9. The molecule has 5 amide bonds. The number of nitrogens with zero attached hydrogens (tertiary/aromatic N) is 3. The van der Waals surface area contributed by atoms with Crippen LogP contribution in [0.15, 0.2) is 77.3 Å². The lowest BCUT2D eigenvalue weighted by molar-refractivity contribution is -0.141. The molecule has 3 saturated carbocycles. The van der Waals surface area contributed by atoms with Gasteiger partial charge in [0.25, 0.3) is 26.0 Å². The van der Waals surface area contributed by atoms with Crippen LogP contribution >= 0.6 is 0 Å². The van der Waals surface area contributed by atoms with Crippen LogP contribution in [0.5, 0.6) is 0 Å². The summed E-state index contributed by atoms with van der Waals surface area (Å²) >= 11 is 0. The largest absolute Gasteiger partial charge is 0.339 e. The SMILES string of the molecule is C=C[C@@H]1C[C@]1(NC(=O)[C@@H]1CC2(CN1C(=O)[C@@H](NC(=O)N[C@H](CN(C)S(=O)(=O)c1ccccn1)C(C)(C)C)C(C)C)C(C)(C)C21CCC1)C(=O)NS(=O)(=O)c1ccccc1. The number of urea groups is 1. The topological polar surface area (TPSA) is 204 Å². The highest BCUT2D eigenvalue weighted by atomic mass is 32.2. The Morgan fingerprint density at radius 1 is 0.966 bits per heavy atom. The molecule has 4 aliphatic rings. The van der Waals surface area contributed by atoms with Gasteiger partial charge in [0, 0.05) is 43.7 Å². The van der Waals surface area contributed by atoms with Crippen LogP contribution < -0.4 is 20.7 Å². The van der Waals surface area contributed by atoms with Crippen molar-refractivity contribution in [2.75, 3.05) is 20.1 Å². The Kier molecular flexibility index (Phi) is 11.5. The molecule has 15 nitrogen and oxygen atoms in total. The van der Waals surface area contributed by atoms with Crippen molar-refractivity contribution in [2.24, 2.45) is 33.5 Å². The molecule has 1 aromatic heterocycles. The van der Waals surface area contributed by atoms with Gasteiger partial charge < -0.3 is 20.9 Å². The number of nitrogens with one attached hydrogen (secondary N) is 4. The second kappa shape index (κ2) is 15.3. The highest BCUT2D eigenvalue weighted by Gasteiger charge is 2.85. The van der Waals surface area contributed by atoms with Gasteiger partial charge in [-0.3, -0.25) is 14.4 Å². The molecule has 2 aromatic rings. The van der Waals surface area contributed by atoms with E-state index in [0.29, 0.717) is 6.42 Å². The van der Waals surface area contributed by atoms with Crippen LogP contribution in [0.2, 0.25) is 0 Å². The lowest BCUT2D eigenvalue weighted by Gasteiger charge is -2.35. The van der Waals surface area contributed by atoms with Crippen LogP contribution in [-0.4, -0.2) is 98.6 Å². The minimum atomic E-state index is -4.26. The summed E-state index contributed by atoms with van der Waals surface area (Å²) in [6.45, 7) is 17.5. The number of amides is 5. The molecule has 6 rings (SSSR count). The molecule has 1 aliphatic heterocycles. The molecular weight excluding hydrogens is 795 g/mol. The molecular formula is C42H59N7O8S2. The number of carbonyl (C=O) groups excluding carboxylic acids is 4. The number of likely N-dealkylation sites (tertiary alicyclic amines) is 1. The van der Waals surface area contributed by atoms with Gasteiger partial charge in [0.1, 0.15) is 17.6 Å². The normalized spacial score (nSPS) is 26.4. The number of aromatic nitrogens is 1. The molecule has 1 saturated heterocycles. The van der Waals surface area contributed by atoms with Gasteiger partial charge in [-0.15, -0.1) is 6.58 Å². The van der Waals surface area contributed by atoms with Gasteiger partial charge >= 0.3 is 6.03 Å². The molecule has 1 unspecified atom stereocenters. The van der Waals surface area contributed by atoms with E-state index in [2.05, 4.69) is 46.1 Å². The second-order valence-electron chi connectivity index (χ2n) is 18.8. The van der Waals surface area contributed by atoms with Crippen molar-refractivity contribution < 1.29 is 36.0 Å². The number of pyridine rings is 1. The van der Waals surface area contributed by atoms with E-state index in [-0.39, 0.29) is 45.7 Å². The molecule has 1 aromatic carbocycles. The first kappa shape index (κ1) is 44.2. The fraction of sp³-hybridized carbons (Fsp3) is 0.595. The third-order valence-corrected chi connectivity index (χ3v) is 17.1. The minimum Gasteiger partial charge on any atom is -0.339 e. The summed E-state index contributed by atoms with van der Waals surface area (Å²) in [5.74, 6) is -2.91. The average molecular weight is 854 g/mol. The summed E-state index contributed by atoms with van der Waals surface area (Å²) in [6, 6.07) is 8.59. The lowest BCUT2D eigenvalue weighted by atomic mass is 9.73. The summed E-state index contributed by atoms with van der Waals surface area (Å²) in [6.07, 6.45) is 6.34. The second-order valence-corrected chi connectivity index (χ2v) is 22.5. The van der Waals surface area contributed by atoms with Gasteiger partial charge in [0.2, 0.25) is 11.8 Å². The van der Waals surface area contributed by atoms with Gasteiger partial charge in [-0.1, -0.05) is 85.2 Å². The van der Waals surface area contributed by atoms with Crippen molar-refractivity contribution in [3.8, 4) is 0 Å². The van der Waals surface area contributed by atoms with Gasteiger partial charge in [-0.2, -0.15) is 4.31 Å². The van der Waals surface area contributed by atoms with E-state index in [1.165, 1.54) is 49.7 Å². The molecule has 3 aliphatic carbocycles. The third kappa shape index (κ3) is 7.55. The summed E-state index contributed by atoms with van der Waals surface area (Å²) in [4.78, 5) is 62.5. The number of hydrogen-bond donors (Lipinski definition) is 4. The third-order valence-electron chi connectivity index (χ3n) is 14.1. The maximum Gasteiger partial charge on any atom is 0.315 e. The fourth-order valence-electron chi connectivity index (χ4n) is 9.86. The average Bonchev–Trinajstić information content (AvgIpc) is 3.88. The highest BCUT2D eigenvalue weighted by Crippen LogP contribution is 2.88. The standard InChI is InChI=1S/C42H59N7O8S2/c1-10-28-23-42(28,36(52)47-58(54,55)29-17-12-11-13-18-29)46-34(50)30-24-41(39(7,8)40(41)20-16-21-40)26-49(30)35(51)33(27(2)3)45-37(53)44-31(38(4,5)6)25-48(9)59(56,57)32-19-14-15-22-43-32/h10-15,17-19,22,27-28,30-31,33H,1,16,20-21,23-26H2,2-9H3,(H,46,50)(H,47,52)(H2,44,45,53)/t28-,30+,31-,33+,41?,42-/m1/s1. The summed E-state index contributed by atoms with van der Waals surface area (Å²) < 4.78 is 56.3. The van der Waals surface area contributed by atoms with Gasteiger partial charge in [-0.05, 0) is 72.1 Å². The molecule has 0 radical (unpaired) electrons. The predicted octanol–water partition coefficient (Wildman–Crippen LogP) is 3.80. The van der Waals surface area contributed by atoms with E-state index < -0.39 is 84.7 Å². The fourth-order valence-corrected chi connectivity index (χ4v) is 12.0. The molecule has 4 N–H and O–H groups in total. The van der Waals surface area contributed by atoms with Crippen molar-refractivity contribution in [1.82, 2.24) is 34.9 Å². The number of hydrogen-bond acceptors (Lipinski definition) is 9. The van der Waals surface area contributed by atoms with Crippen molar-refractivity contribution >= 4 is 43.8 Å². The number of sulfonamides is 2. The Morgan fingerprint density at radius 2 is 1.61 bits per heavy atom. The first-order valence-corrected chi connectivity index (χ1v) is 23.1. The summed E-state index contributed by atoms with van der Waals surface area (Å²) in [5, 5.41) is 8.52. The molecule has 322 valence electrons. The molecule has 2 heterocycles. The van der Waals surface area contributed by atoms with E-state index in [1.807, 2.05) is 20.8 Å². The Labute approximate surface area is 348 Å². The van der Waals surface area contributed by atoms with Crippen molar-refractivity contribution in [3.63, 3.8) is 0 Å².